The number of nitrogens with one attached hydrogen (secondary N) is 1. The first kappa shape index (κ1) is 20.1. The maximum Gasteiger partial charge on any atom is 0.337 e. The number of H-pyrrole nitrogens is 1. The molecule has 0 spiro atoms. The minimum atomic E-state index is -3.61. The molecule has 150 valence electrons. The van der Waals surface area contributed by atoms with Crippen LogP contribution in [-0.2, 0) is 32.6 Å². The van der Waals surface area contributed by atoms with Crippen molar-refractivity contribution in [2.75, 3.05) is 20.4 Å². The van der Waals surface area contributed by atoms with Gasteiger partial charge in [0.1, 0.15) is 24.5 Å². The predicted octanol–water partition coefficient (Wildman–Crippen LogP) is 0.00910. The maximum absolute atomic E-state index is 12.7. The van der Waals surface area contributed by atoms with Crippen LogP contribution in [0.25, 0.3) is 0 Å². The van der Waals surface area contributed by atoms with Crippen LogP contribution in [0, 0.1) is 0 Å². The van der Waals surface area contributed by atoms with E-state index in [1.807, 2.05) is 0 Å². The lowest BCUT2D eigenvalue weighted by atomic mass is 10.1. The highest BCUT2D eigenvalue weighted by Gasteiger charge is 2.58. The number of carbonyl (C=O) groups excluding carboxylic acids is 1. The predicted molar refractivity (Wildman–Crippen MR) is 90.6 cm³/mol. The smallest absolute Gasteiger partial charge is 0.337 e. The van der Waals surface area contributed by atoms with Gasteiger partial charge in [0.25, 0.3) is 5.56 Å². The molecule has 2 aliphatic heterocycles. The van der Waals surface area contributed by atoms with Gasteiger partial charge in [-0.25, -0.2) is 4.79 Å². The fourth-order valence-corrected chi connectivity index (χ4v) is 4.14. The summed E-state index contributed by atoms with van der Waals surface area (Å²) in [5.41, 5.74) is -1.28. The molecule has 12 heteroatoms. The summed E-state index contributed by atoms with van der Waals surface area (Å²) in [4.78, 5) is 38.3. The lowest BCUT2D eigenvalue weighted by molar-refractivity contribution is -0.197. The molecule has 2 saturated heterocycles. The van der Waals surface area contributed by atoms with Crippen molar-refractivity contribution in [3.8, 4) is 0 Å². The van der Waals surface area contributed by atoms with E-state index in [0.29, 0.717) is 0 Å². The van der Waals surface area contributed by atoms with E-state index >= 15 is 0 Å². The van der Waals surface area contributed by atoms with Crippen LogP contribution >= 0.6 is 7.60 Å². The Morgan fingerprint density at radius 2 is 1.89 bits per heavy atom. The number of hydrogen-bond acceptors (Lipinski definition) is 9. The van der Waals surface area contributed by atoms with E-state index in [4.69, 9.17) is 23.3 Å². The van der Waals surface area contributed by atoms with Crippen LogP contribution in [0.1, 0.15) is 20.1 Å². The average Bonchev–Trinajstić information content (AvgIpc) is 3.08. The first-order valence-electron chi connectivity index (χ1n) is 8.15. The highest BCUT2D eigenvalue weighted by molar-refractivity contribution is 7.54. The quantitative estimate of drug-likeness (QED) is 0.650. The minimum Gasteiger partial charge on any atom is -0.341 e. The first-order chi connectivity index (χ1) is 12.6. The van der Waals surface area contributed by atoms with Gasteiger partial charge in [0.2, 0.25) is 0 Å². The molecule has 0 aliphatic carbocycles. The van der Waals surface area contributed by atoms with Gasteiger partial charge in [-0.15, -0.1) is 0 Å². The summed E-state index contributed by atoms with van der Waals surface area (Å²) in [6, 6.07) is 1.15. The molecule has 2 fully saturated rings. The monoisotopic (exact) mass is 404 g/mol. The second-order valence-electron chi connectivity index (χ2n) is 6.63. The molecule has 1 aromatic rings. The molecule has 11 nitrogen and oxygen atoms in total. The van der Waals surface area contributed by atoms with E-state index in [9.17, 15) is 18.9 Å². The van der Waals surface area contributed by atoms with Crippen molar-refractivity contribution >= 4 is 13.4 Å². The molecule has 0 amide bonds. The Balaban J connectivity index is 1.93. The van der Waals surface area contributed by atoms with Gasteiger partial charge < -0.3 is 23.3 Å². The Morgan fingerprint density at radius 1 is 1.26 bits per heavy atom. The van der Waals surface area contributed by atoms with Gasteiger partial charge in [-0.05, 0) is 13.8 Å². The van der Waals surface area contributed by atoms with Crippen molar-refractivity contribution in [1.29, 1.82) is 0 Å². The van der Waals surface area contributed by atoms with Crippen molar-refractivity contribution in [3.05, 3.63) is 33.1 Å². The Labute approximate surface area is 154 Å². The van der Waals surface area contributed by atoms with Gasteiger partial charge in [-0.2, -0.15) is 0 Å². The molecular weight excluding hydrogens is 383 g/mol. The summed E-state index contributed by atoms with van der Waals surface area (Å²) < 4.78 is 40.3. The molecule has 1 N–H and O–H groups in total. The van der Waals surface area contributed by atoms with E-state index in [0.717, 1.165) is 10.6 Å². The Hall–Kier alpha value is -1.62. The molecule has 2 aliphatic rings. The number of aromatic amines is 1. The Kier molecular flexibility index (Phi) is 5.28. The fraction of sp³-hybridized carbons (Fsp3) is 0.667. The second kappa shape index (κ2) is 7.08. The van der Waals surface area contributed by atoms with Gasteiger partial charge in [-0.1, -0.05) is 0 Å². The summed E-state index contributed by atoms with van der Waals surface area (Å²) >= 11 is 0. The molecule has 0 bridgehead atoms. The zero-order valence-electron chi connectivity index (χ0n) is 15.2. The average molecular weight is 404 g/mol. The van der Waals surface area contributed by atoms with E-state index in [2.05, 4.69) is 4.98 Å². The zero-order valence-corrected chi connectivity index (χ0v) is 16.1. The van der Waals surface area contributed by atoms with Crippen LogP contribution in [0.2, 0.25) is 0 Å². The van der Waals surface area contributed by atoms with Crippen molar-refractivity contribution in [2.45, 2.75) is 44.2 Å². The first-order valence-corrected chi connectivity index (χ1v) is 9.88. The van der Waals surface area contributed by atoms with Crippen LogP contribution in [0.15, 0.2) is 21.9 Å². The summed E-state index contributed by atoms with van der Waals surface area (Å²) in [6.45, 7) is 3.32. The number of hydrogen-bond donors (Lipinski definition) is 1. The summed E-state index contributed by atoms with van der Waals surface area (Å²) in [6.07, 6.45) is -3.07. The highest BCUT2D eigenvalue weighted by Crippen LogP contribution is 2.48. The van der Waals surface area contributed by atoms with Crippen LogP contribution in [0.5, 0.6) is 0 Å². The van der Waals surface area contributed by atoms with Crippen molar-refractivity contribution in [1.82, 2.24) is 9.55 Å². The van der Waals surface area contributed by atoms with E-state index in [-0.39, 0.29) is 0 Å². The SMILES string of the molecule is COP(=O)(CC(=O)[C@H]1O[C@@H](n2ccc(=O)[nH]c2=O)[C@@H]2OC(C)(C)O[C@@H]21)OC. The third-order valence-electron chi connectivity index (χ3n) is 4.38. The fourth-order valence-electron chi connectivity index (χ4n) is 3.17. The number of Topliss-reactive ketones (excluding diaryl/α,β-unsaturated/α-hetero) is 1. The number of aromatic nitrogens is 2. The summed E-state index contributed by atoms with van der Waals surface area (Å²) in [7, 11) is -1.25. The highest BCUT2D eigenvalue weighted by atomic mass is 31.2. The van der Waals surface area contributed by atoms with Crippen LogP contribution in [0.4, 0.5) is 0 Å². The maximum atomic E-state index is 12.7. The third-order valence-corrected chi connectivity index (χ3v) is 6.19. The van der Waals surface area contributed by atoms with Crippen LogP contribution < -0.4 is 11.2 Å². The largest absolute Gasteiger partial charge is 0.341 e. The van der Waals surface area contributed by atoms with Gasteiger partial charge >= 0.3 is 13.3 Å². The van der Waals surface area contributed by atoms with Crippen LogP contribution in [0.3, 0.4) is 0 Å². The van der Waals surface area contributed by atoms with Gasteiger partial charge in [0.05, 0.1) is 0 Å². The third kappa shape index (κ3) is 3.84. The summed E-state index contributed by atoms with van der Waals surface area (Å²) in [5.74, 6) is -1.59. The molecular formula is C15H21N2O9P. The topological polar surface area (TPSA) is 135 Å². The number of ketones is 1. The lowest BCUT2D eigenvalue weighted by Gasteiger charge is -2.24. The molecule has 4 atom stereocenters. The van der Waals surface area contributed by atoms with E-state index in [1.165, 1.54) is 20.4 Å². The number of ether oxygens (including phenoxy) is 3. The lowest BCUT2D eigenvalue weighted by Crippen LogP contribution is -2.37. The summed E-state index contributed by atoms with van der Waals surface area (Å²) in [5, 5.41) is 0. The van der Waals surface area contributed by atoms with Gasteiger partial charge in [0.15, 0.2) is 17.8 Å². The number of rotatable bonds is 6. The number of nitrogens with zero attached hydrogens (tertiary/aromatic N) is 1. The molecule has 0 radical (unpaired) electrons. The molecule has 3 rings (SSSR count). The van der Waals surface area contributed by atoms with Gasteiger partial charge in [0, 0.05) is 26.5 Å². The number of fused-ring (bicyclic) bond motifs is 1. The zero-order chi connectivity index (χ0) is 20.0. The Morgan fingerprint density at radius 3 is 2.48 bits per heavy atom. The molecule has 3 heterocycles. The van der Waals surface area contributed by atoms with E-state index in [1.54, 1.807) is 13.8 Å². The van der Waals surface area contributed by atoms with Crippen molar-refractivity contribution < 1.29 is 32.6 Å². The Bertz CT molecular complexity index is 884. The normalized spacial score (nSPS) is 29.6. The molecule has 1 aromatic heterocycles. The van der Waals surface area contributed by atoms with Crippen molar-refractivity contribution in [3.63, 3.8) is 0 Å². The number of carbonyl (C=O) groups is 1. The van der Waals surface area contributed by atoms with Crippen molar-refractivity contribution in [2.24, 2.45) is 0 Å². The molecule has 0 unspecified atom stereocenters. The standard InChI is InChI=1S/C15H21N2O9P/c1-15(2)25-11-10(8(18)7-27(21,22-3)23-4)24-13(12(11)26-15)17-6-5-9(19)16-14(17)20/h5-6,10-13H,7H2,1-4H3,(H,16,19,20)/t10-,11-,12-,13-/m1/s1. The molecule has 0 saturated carbocycles. The minimum absolute atomic E-state index is 0.523. The molecule has 27 heavy (non-hydrogen) atoms. The second-order valence-corrected chi connectivity index (χ2v) is 8.90. The molecule has 0 aromatic carbocycles. The van der Waals surface area contributed by atoms with Gasteiger partial charge in [-0.3, -0.25) is 23.7 Å². The van der Waals surface area contributed by atoms with E-state index < -0.39 is 61.1 Å². The van der Waals surface area contributed by atoms with Crippen LogP contribution in [-0.4, -0.2) is 59.8 Å².